The first-order valence-corrected chi connectivity index (χ1v) is 12.6. The smallest absolute Gasteiger partial charge is 0.261 e. The second-order valence-corrected chi connectivity index (χ2v) is 9.56. The fraction of sp³-hybridized carbons (Fsp3) is 0.261. The average Bonchev–Trinajstić information content (AvgIpc) is 3.32. The van der Waals surface area contributed by atoms with Crippen molar-refractivity contribution in [2.75, 3.05) is 32.1 Å². The molecule has 1 aromatic heterocycles. The van der Waals surface area contributed by atoms with Crippen LogP contribution in [0.3, 0.4) is 0 Å². The molecular formula is C23H26N2O6S2. The Morgan fingerprint density at radius 2 is 1.73 bits per heavy atom. The van der Waals surface area contributed by atoms with Crippen LogP contribution in [0.2, 0.25) is 0 Å². The normalized spacial score (nSPS) is 11.0. The topological polar surface area (TPSA) is 103 Å². The van der Waals surface area contributed by atoms with Crippen molar-refractivity contribution >= 4 is 33.0 Å². The van der Waals surface area contributed by atoms with Crippen LogP contribution in [0.25, 0.3) is 0 Å². The fourth-order valence-electron chi connectivity index (χ4n) is 3.09. The highest BCUT2D eigenvalue weighted by atomic mass is 32.2. The van der Waals surface area contributed by atoms with Gasteiger partial charge in [-0.15, -0.1) is 11.3 Å². The Morgan fingerprint density at radius 1 is 1.03 bits per heavy atom. The lowest BCUT2D eigenvalue weighted by molar-refractivity contribution is 0.0954. The molecule has 0 saturated carbocycles. The zero-order chi connectivity index (χ0) is 23.8. The van der Waals surface area contributed by atoms with Gasteiger partial charge < -0.3 is 19.5 Å². The van der Waals surface area contributed by atoms with Gasteiger partial charge in [0.2, 0.25) is 0 Å². The minimum Gasteiger partial charge on any atom is -0.494 e. The van der Waals surface area contributed by atoms with Crippen LogP contribution in [0.1, 0.15) is 22.2 Å². The number of benzene rings is 2. The van der Waals surface area contributed by atoms with E-state index in [1.165, 1.54) is 38.5 Å². The first kappa shape index (κ1) is 24.4. The number of amides is 1. The summed E-state index contributed by atoms with van der Waals surface area (Å²) in [6.07, 6.45) is 0.671. The van der Waals surface area contributed by atoms with E-state index in [0.29, 0.717) is 31.1 Å². The quantitative estimate of drug-likeness (QED) is 0.422. The highest BCUT2D eigenvalue weighted by Gasteiger charge is 2.22. The van der Waals surface area contributed by atoms with Gasteiger partial charge in [0.15, 0.2) is 11.5 Å². The molecule has 0 atom stereocenters. The molecule has 0 unspecified atom stereocenters. The van der Waals surface area contributed by atoms with Crippen LogP contribution in [0.4, 0.5) is 5.69 Å². The summed E-state index contributed by atoms with van der Waals surface area (Å²) in [4.78, 5) is 14.1. The van der Waals surface area contributed by atoms with Crippen molar-refractivity contribution in [1.82, 2.24) is 5.32 Å². The number of hydrogen-bond donors (Lipinski definition) is 2. The standard InChI is InChI=1S/C23H26N2O6S2/c1-4-31-16-7-9-18(10-8-16)33(27,28)25-20-15-22(30-3)21(29-2)14-19(20)23(26)24-12-11-17-6-5-13-32-17/h5-10,13-15,25H,4,11-12H2,1-3H3,(H,24,26). The Kier molecular flexibility index (Phi) is 8.18. The summed E-state index contributed by atoms with van der Waals surface area (Å²) in [7, 11) is -1.10. The lowest BCUT2D eigenvalue weighted by Gasteiger charge is -2.16. The number of sulfonamides is 1. The molecule has 0 aliphatic heterocycles. The molecule has 0 saturated heterocycles. The van der Waals surface area contributed by atoms with Gasteiger partial charge in [0.05, 0.1) is 37.0 Å². The molecule has 0 aliphatic rings. The third kappa shape index (κ3) is 6.17. The van der Waals surface area contributed by atoms with Gasteiger partial charge >= 0.3 is 0 Å². The van der Waals surface area contributed by atoms with Gasteiger partial charge in [-0.2, -0.15) is 0 Å². The van der Waals surface area contributed by atoms with Gasteiger partial charge in [0.1, 0.15) is 5.75 Å². The molecule has 176 valence electrons. The number of ether oxygens (including phenoxy) is 3. The molecule has 0 bridgehead atoms. The van der Waals surface area contributed by atoms with Gasteiger partial charge in [-0.1, -0.05) is 6.07 Å². The Morgan fingerprint density at radius 3 is 2.33 bits per heavy atom. The Labute approximate surface area is 197 Å². The van der Waals surface area contributed by atoms with Gasteiger partial charge in [0.25, 0.3) is 15.9 Å². The van der Waals surface area contributed by atoms with Crippen molar-refractivity contribution in [2.45, 2.75) is 18.2 Å². The maximum atomic E-state index is 13.0. The van der Waals surface area contributed by atoms with Crippen LogP contribution in [-0.4, -0.2) is 41.7 Å². The highest BCUT2D eigenvalue weighted by molar-refractivity contribution is 7.92. The predicted octanol–water partition coefficient (Wildman–Crippen LogP) is 3.94. The van der Waals surface area contributed by atoms with Crippen molar-refractivity contribution in [2.24, 2.45) is 0 Å². The number of anilines is 1. The number of methoxy groups -OCH3 is 2. The predicted molar refractivity (Wildman–Crippen MR) is 128 cm³/mol. The van der Waals surface area contributed by atoms with E-state index >= 15 is 0 Å². The zero-order valence-corrected chi connectivity index (χ0v) is 20.2. The Balaban J connectivity index is 1.87. The van der Waals surface area contributed by atoms with Gasteiger partial charge in [-0.25, -0.2) is 8.42 Å². The molecule has 0 spiro atoms. The molecule has 0 radical (unpaired) electrons. The maximum absolute atomic E-state index is 13.0. The van der Waals surface area contributed by atoms with Crippen molar-refractivity contribution in [3.63, 3.8) is 0 Å². The van der Waals surface area contributed by atoms with E-state index in [1.807, 2.05) is 24.4 Å². The Bertz CT molecular complexity index is 1180. The number of carbonyl (C=O) groups excluding carboxylic acids is 1. The van der Waals surface area contributed by atoms with Gasteiger partial charge in [0, 0.05) is 17.5 Å². The summed E-state index contributed by atoms with van der Waals surface area (Å²) >= 11 is 1.61. The summed E-state index contributed by atoms with van der Waals surface area (Å²) in [5, 5.41) is 4.80. The first-order chi connectivity index (χ1) is 15.9. The monoisotopic (exact) mass is 490 g/mol. The number of hydrogen-bond acceptors (Lipinski definition) is 7. The van der Waals surface area contributed by atoms with E-state index in [1.54, 1.807) is 23.5 Å². The summed E-state index contributed by atoms with van der Waals surface area (Å²) in [5.74, 6) is 0.729. The van der Waals surface area contributed by atoms with Crippen molar-refractivity contribution < 1.29 is 27.4 Å². The molecule has 3 aromatic rings. The minimum atomic E-state index is -3.98. The largest absolute Gasteiger partial charge is 0.494 e. The summed E-state index contributed by atoms with van der Waals surface area (Å²) in [6, 6.07) is 12.8. The number of rotatable bonds is 11. The number of thiophene rings is 1. The van der Waals surface area contributed by atoms with Crippen LogP contribution >= 0.6 is 11.3 Å². The van der Waals surface area contributed by atoms with Gasteiger partial charge in [-0.05, 0) is 55.1 Å². The molecule has 0 aliphatic carbocycles. The van der Waals surface area contributed by atoms with E-state index in [2.05, 4.69) is 10.0 Å². The van der Waals surface area contributed by atoms with E-state index in [0.717, 1.165) is 4.88 Å². The third-order valence-corrected chi connectivity index (χ3v) is 7.01. The molecule has 3 rings (SSSR count). The SMILES string of the molecule is CCOc1ccc(S(=O)(=O)Nc2cc(OC)c(OC)cc2C(=O)NCCc2cccs2)cc1. The summed E-state index contributed by atoms with van der Waals surface area (Å²) in [6.45, 7) is 2.72. The molecule has 2 N–H and O–H groups in total. The zero-order valence-electron chi connectivity index (χ0n) is 18.6. The molecule has 33 heavy (non-hydrogen) atoms. The van der Waals surface area contributed by atoms with Crippen LogP contribution < -0.4 is 24.2 Å². The lowest BCUT2D eigenvalue weighted by Crippen LogP contribution is -2.27. The molecule has 1 amide bonds. The molecule has 0 fully saturated rings. The second kappa shape index (κ2) is 11.1. The van der Waals surface area contributed by atoms with Crippen LogP contribution in [0.5, 0.6) is 17.2 Å². The Hall–Kier alpha value is -3.24. The summed E-state index contributed by atoms with van der Waals surface area (Å²) in [5.41, 5.74) is 0.198. The average molecular weight is 491 g/mol. The van der Waals surface area contributed by atoms with Gasteiger partial charge in [-0.3, -0.25) is 9.52 Å². The molecular weight excluding hydrogens is 464 g/mol. The first-order valence-electron chi connectivity index (χ1n) is 10.2. The van der Waals surface area contributed by atoms with Crippen LogP contribution in [0.15, 0.2) is 58.8 Å². The highest BCUT2D eigenvalue weighted by Crippen LogP contribution is 2.34. The van der Waals surface area contributed by atoms with Crippen LogP contribution in [0, 0.1) is 0 Å². The maximum Gasteiger partial charge on any atom is 0.261 e. The van der Waals surface area contributed by atoms with E-state index < -0.39 is 15.9 Å². The molecule has 8 nitrogen and oxygen atoms in total. The molecule has 1 heterocycles. The number of nitrogens with one attached hydrogen (secondary N) is 2. The minimum absolute atomic E-state index is 0.0322. The van der Waals surface area contributed by atoms with Crippen molar-refractivity contribution in [3.05, 3.63) is 64.4 Å². The fourth-order valence-corrected chi connectivity index (χ4v) is 4.87. The second-order valence-electron chi connectivity index (χ2n) is 6.85. The molecule has 10 heteroatoms. The third-order valence-electron chi connectivity index (χ3n) is 4.69. The van der Waals surface area contributed by atoms with E-state index in [-0.39, 0.29) is 21.9 Å². The van der Waals surface area contributed by atoms with Crippen molar-refractivity contribution in [3.8, 4) is 17.2 Å². The van der Waals surface area contributed by atoms with E-state index in [4.69, 9.17) is 14.2 Å². The summed E-state index contributed by atoms with van der Waals surface area (Å²) < 4.78 is 44.5. The van der Waals surface area contributed by atoms with E-state index in [9.17, 15) is 13.2 Å². The van der Waals surface area contributed by atoms with Crippen LogP contribution in [-0.2, 0) is 16.4 Å². The van der Waals surface area contributed by atoms with Crippen molar-refractivity contribution in [1.29, 1.82) is 0 Å². The lowest BCUT2D eigenvalue weighted by atomic mass is 10.1. The molecule has 2 aromatic carbocycles. The number of carbonyl (C=O) groups is 1.